The maximum Gasteiger partial charge on any atom is 0.271 e. The number of carbonyl (C=O) groups excluding carboxylic acids is 7. The summed E-state index contributed by atoms with van der Waals surface area (Å²) in [4.78, 5) is 115. The standard InChI is InChI=1S/C48H67N17O10S2/c1-22-35(62-42(65-40(22)51)29(16-33(50)67)57-17-28(49)41(52)70)46(74)64-37(39(69)30-18-53-21-58-30)47(75)59-25(4)38(68)23(2)43(71)63-36(26(5)66)45(73)56-15-12-34-60-32(20-76-34)48-61-31(19-77-48)44(72)55-14-9-13-54-24(3)27-10-7-6-8-11-27/h6-8,10-11,18-21,23-26,28-29,36-39,54,57,66,68-69H,9,12-17,49H2,1-5H3,(H2,50,67)(H2,52,70)(H,53,58)(H,55,72)(H,56,73)(H,59,75)(H,63,71)(H,64,74)(H2,51,62,65)/t23-,24-,25+,26+,28-,29-,36-,37-,38-,39-/m0/s1. The highest BCUT2D eigenvalue weighted by atomic mass is 32.1. The molecule has 5 aromatic rings. The summed E-state index contributed by atoms with van der Waals surface area (Å²) in [5.41, 5.74) is 24.2. The van der Waals surface area contributed by atoms with E-state index in [9.17, 15) is 48.9 Å². The summed E-state index contributed by atoms with van der Waals surface area (Å²) in [7, 11) is 0. The van der Waals surface area contributed by atoms with Gasteiger partial charge in [0.05, 0.1) is 59.5 Å². The van der Waals surface area contributed by atoms with Crippen LogP contribution >= 0.6 is 22.7 Å². The van der Waals surface area contributed by atoms with Crippen LogP contribution in [0, 0.1) is 12.8 Å². The van der Waals surface area contributed by atoms with E-state index < -0.39 is 96.3 Å². The van der Waals surface area contributed by atoms with Crippen molar-refractivity contribution in [3.8, 4) is 10.7 Å². The van der Waals surface area contributed by atoms with Gasteiger partial charge in [0.2, 0.25) is 29.5 Å². The Morgan fingerprint density at radius 3 is 2.17 bits per heavy atom. The number of imidazole rings is 1. The second-order valence-electron chi connectivity index (χ2n) is 18.2. The summed E-state index contributed by atoms with van der Waals surface area (Å²) >= 11 is 2.60. The van der Waals surface area contributed by atoms with Crippen LogP contribution < -0.4 is 60.2 Å². The van der Waals surface area contributed by atoms with E-state index in [2.05, 4.69) is 86.2 Å². The number of thiazole rings is 2. The molecule has 5 rings (SSSR count). The van der Waals surface area contributed by atoms with Crippen molar-refractivity contribution in [1.82, 2.24) is 67.1 Å². The number of aliphatic hydroxyl groups is 3. The first-order valence-electron chi connectivity index (χ1n) is 24.4. The molecule has 4 heterocycles. The molecule has 416 valence electrons. The molecule has 0 aliphatic carbocycles. The highest BCUT2D eigenvalue weighted by Crippen LogP contribution is 2.26. The lowest BCUT2D eigenvalue weighted by Crippen LogP contribution is -2.57. The van der Waals surface area contributed by atoms with E-state index in [1.807, 2.05) is 18.2 Å². The smallest absolute Gasteiger partial charge is 0.271 e. The number of aromatic amines is 1. The first-order chi connectivity index (χ1) is 36.6. The van der Waals surface area contributed by atoms with Gasteiger partial charge < -0.3 is 80.5 Å². The third-order valence-corrected chi connectivity index (χ3v) is 14.0. The zero-order chi connectivity index (χ0) is 56.5. The molecular formula is C48H67N17O10S2. The maximum absolute atomic E-state index is 13.9. The number of carbonyl (C=O) groups is 7. The van der Waals surface area contributed by atoms with Crippen molar-refractivity contribution in [1.29, 1.82) is 0 Å². The SMILES string of the molecule is Cc1c(N)nc([C@H](CC(N)=O)NC[C@H](N)C(N)=O)nc1C(=O)N[C@H](C(=O)N[C@H](C)[C@@H](O)[C@H](C)C(=O)N[C@H](C(=O)NCCc1nc(-c2nc(C(=O)NCCCN[C@@H](C)c3ccccc3)cs2)cs1)[C@@H](C)O)[C@@H](O)c1cnc[nH]1. The van der Waals surface area contributed by atoms with Crippen molar-refractivity contribution in [2.45, 2.75) is 108 Å². The summed E-state index contributed by atoms with van der Waals surface area (Å²) in [5, 5.41) is 57.1. The second-order valence-corrected chi connectivity index (χ2v) is 20.0. The fourth-order valence-electron chi connectivity index (χ4n) is 7.52. The normalized spacial score (nSPS) is 15.3. The van der Waals surface area contributed by atoms with Gasteiger partial charge in [-0.15, -0.1) is 22.7 Å². The monoisotopic (exact) mass is 1110 g/mol. The van der Waals surface area contributed by atoms with Crippen molar-refractivity contribution in [3.05, 3.63) is 92.7 Å². The largest absolute Gasteiger partial charge is 0.391 e. The predicted molar refractivity (Wildman–Crippen MR) is 284 cm³/mol. The number of anilines is 1. The summed E-state index contributed by atoms with van der Waals surface area (Å²) in [6.07, 6.45) is -1.79. The highest BCUT2D eigenvalue weighted by molar-refractivity contribution is 7.14. The van der Waals surface area contributed by atoms with Crippen LogP contribution in [0.3, 0.4) is 0 Å². The summed E-state index contributed by atoms with van der Waals surface area (Å²) in [5.74, 6) is -7.34. The van der Waals surface area contributed by atoms with E-state index in [1.165, 1.54) is 68.5 Å². The molecule has 1 aromatic carbocycles. The number of nitrogen functional groups attached to an aromatic ring is 1. The number of nitrogens with zero attached hydrogens (tertiary/aromatic N) is 5. The quantitative estimate of drug-likeness (QED) is 0.0222. The number of benzene rings is 1. The fourth-order valence-corrected chi connectivity index (χ4v) is 9.14. The molecule has 0 aliphatic heterocycles. The molecule has 10 atom stereocenters. The van der Waals surface area contributed by atoms with Crippen LogP contribution in [-0.2, 0) is 30.4 Å². The van der Waals surface area contributed by atoms with Gasteiger partial charge in [0.15, 0.2) is 0 Å². The van der Waals surface area contributed by atoms with Gasteiger partial charge in [-0.3, -0.25) is 33.6 Å². The van der Waals surface area contributed by atoms with E-state index in [1.54, 1.807) is 10.8 Å². The molecule has 0 fully saturated rings. The molecule has 4 aromatic heterocycles. The molecule has 77 heavy (non-hydrogen) atoms. The van der Waals surface area contributed by atoms with E-state index in [0.717, 1.165) is 13.0 Å². The number of primary amides is 2. The molecular weight excluding hydrogens is 1040 g/mol. The molecule has 29 heteroatoms. The molecule has 0 radical (unpaired) electrons. The summed E-state index contributed by atoms with van der Waals surface area (Å²) in [6, 6.07) is 3.46. The number of H-pyrrole nitrogens is 1. The van der Waals surface area contributed by atoms with Crippen molar-refractivity contribution < 1.29 is 48.9 Å². The maximum atomic E-state index is 13.9. The third-order valence-electron chi connectivity index (χ3n) is 12.2. The van der Waals surface area contributed by atoms with Crippen LogP contribution in [0.25, 0.3) is 10.7 Å². The lowest BCUT2D eigenvalue weighted by Gasteiger charge is -2.30. The van der Waals surface area contributed by atoms with Crippen LogP contribution in [-0.4, -0.2) is 149 Å². The van der Waals surface area contributed by atoms with E-state index >= 15 is 0 Å². The van der Waals surface area contributed by atoms with Gasteiger partial charge in [0.1, 0.15) is 51.9 Å². The Kier molecular flexibility index (Phi) is 22.5. The zero-order valence-corrected chi connectivity index (χ0v) is 44.6. The van der Waals surface area contributed by atoms with Gasteiger partial charge in [-0.25, -0.2) is 24.9 Å². The summed E-state index contributed by atoms with van der Waals surface area (Å²) < 4.78 is 0. The minimum absolute atomic E-state index is 0.00182. The molecule has 7 amide bonds. The number of nitrogens with one attached hydrogen (secondary N) is 8. The average molecular weight is 1110 g/mol. The van der Waals surface area contributed by atoms with Gasteiger partial charge in [-0.05, 0) is 46.2 Å². The summed E-state index contributed by atoms with van der Waals surface area (Å²) in [6.45, 7) is 8.49. The Labute approximate surface area is 451 Å². The predicted octanol–water partition coefficient (Wildman–Crippen LogP) is -1.98. The Morgan fingerprint density at radius 2 is 1.51 bits per heavy atom. The minimum Gasteiger partial charge on any atom is -0.391 e. The van der Waals surface area contributed by atoms with Crippen molar-refractivity contribution in [3.63, 3.8) is 0 Å². The first kappa shape index (κ1) is 60.5. The van der Waals surface area contributed by atoms with Gasteiger partial charge in [-0.2, -0.15) is 0 Å². The second kappa shape index (κ2) is 28.7. The lowest BCUT2D eigenvalue weighted by molar-refractivity contribution is -0.136. The van der Waals surface area contributed by atoms with Gasteiger partial charge in [0, 0.05) is 54.8 Å². The Balaban J connectivity index is 1.14. The van der Waals surface area contributed by atoms with E-state index in [4.69, 9.17) is 22.9 Å². The number of amides is 7. The van der Waals surface area contributed by atoms with Crippen LogP contribution in [0.4, 0.5) is 5.82 Å². The molecule has 0 spiro atoms. The van der Waals surface area contributed by atoms with Crippen LogP contribution in [0.1, 0.15) is 107 Å². The van der Waals surface area contributed by atoms with Crippen molar-refractivity contribution >= 4 is 69.8 Å². The third kappa shape index (κ3) is 17.3. The first-order valence-corrected chi connectivity index (χ1v) is 26.2. The number of aromatic nitrogens is 6. The van der Waals surface area contributed by atoms with E-state index in [0.29, 0.717) is 22.3 Å². The fraction of sp³-hybridized carbons (Fsp3) is 0.458. The zero-order valence-electron chi connectivity index (χ0n) is 43.0. The topological polar surface area (TPSA) is 449 Å². The molecule has 0 saturated carbocycles. The van der Waals surface area contributed by atoms with Crippen LogP contribution in [0.2, 0.25) is 0 Å². The number of nitrogens with two attached hydrogens (primary N) is 4. The van der Waals surface area contributed by atoms with Crippen molar-refractivity contribution in [2.24, 2.45) is 23.1 Å². The molecule has 0 aliphatic rings. The van der Waals surface area contributed by atoms with Crippen LogP contribution in [0.5, 0.6) is 0 Å². The van der Waals surface area contributed by atoms with E-state index in [-0.39, 0.29) is 65.7 Å². The number of hydrogen-bond donors (Lipinski definition) is 15. The van der Waals surface area contributed by atoms with Crippen molar-refractivity contribution in [2.75, 3.05) is 31.9 Å². The number of aliphatic hydroxyl groups excluding tert-OH is 3. The lowest BCUT2D eigenvalue weighted by atomic mass is 9.96. The number of hydrogen-bond acceptors (Lipinski definition) is 21. The molecule has 27 nitrogen and oxygen atoms in total. The van der Waals surface area contributed by atoms with Gasteiger partial charge in [-0.1, -0.05) is 37.3 Å². The molecule has 0 saturated heterocycles. The Bertz CT molecular complexity index is 2800. The van der Waals surface area contributed by atoms with Gasteiger partial charge in [0.25, 0.3) is 11.8 Å². The van der Waals surface area contributed by atoms with Gasteiger partial charge >= 0.3 is 0 Å². The highest BCUT2D eigenvalue weighted by Gasteiger charge is 2.37. The number of rotatable bonds is 30. The molecule has 0 unspecified atom stereocenters. The molecule has 0 bridgehead atoms. The average Bonchev–Trinajstić information content (AvgIpc) is 4.22. The Hall–Kier alpha value is -7.38. The Morgan fingerprint density at radius 1 is 0.779 bits per heavy atom. The minimum atomic E-state index is -1.81. The molecule has 19 N–H and O–H groups in total. The van der Waals surface area contributed by atoms with Crippen LogP contribution in [0.15, 0.2) is 53.6 Å².